The summed E-state index contributed by atoms with van der Waals surface area (Å²) in [4.78, 5) is 38.6. The van der Waals surface area contributed by atoms with Crippen LogP contribution in [0.1, 0.15) is 62.8 Å². The van der Waals surface area contributed by atoms with Crippen LogP contribution >= 0.6 is 22.7 Å². The minimum atomic E-state index is -0.534. The zero-order chi connectivity index (χ0) is 25.2. The van der Waals surface area contributed by atoms with E-state index in [0.29, 0.717) is 38.5 Å². The van der Waals surface area contributed by atoms with E-state index >= 15 is 0 Å². The summed E-state index contributed by atoms with van der Waals surface area (Å²) in [6.07, 6.45) is 5.91. The van der Waals surface area contributed by atoms with Crippen molar-refractivity contribution >= 4 is 44.8 Å². The van der Waals surface area contributed by atoms with Crippen molar-refractivity contribution in [2.75, 3.05) is 13.1 Å². The highest BCUT2D eigenvalue weighted by Gasteiger charge is 2.31. The maximum atomic E-state index is 12.9. The monoisotopic (exact) mass is 514 g/mol. The third-order valence-corrected chi connectivity index (χ3v) is 8.32. The van der Waals surface area contributed by atoms with Gasteiger partial charge in [-0.05, 0) is 52.2 Å². The average Bonchev–Trinajstić information content (AvgIpc) is 3.37. The van der Waals surface area contributed by atoms with E-state index in [4.69, 9.17) is 9.72 Å². The van der Waals surface area contributed by atoms with Crippen LogP contribution < -0.4 is 5.32 Å². The molecule has 0 bridgehead atoms. The van der Waals surface area contributed by atoms with Gasteiger partial charge in [-0.15, -0.1) is 22.7 Å². The van der Waals surface area contributed by atoms with Gasteiger partial charge in [0.25, 0.3) is 0 Å². The van der Waals surface area contributed by atoms with E-state index < -0.39 is 5.60 Å². The number of amides is 1. The molecule has 3 aromatic heterocycles. The number of ether oxygens (including phenoxy) is 1. The quantitative estimate of drug-likeness (QED) is 0.421. The molecule has 0 saturated heterocycles. The molecule has 35 heavy (non-hydrogen) atoms. The van der Waals surface area contributed by atoms with Crippen molar-refractivity contribution in [2.45, 2.75) is 78.5 Å². The first-order valence-electron chi connectivity index (χ1n) is 12.2. The Balaban J connectivity index is 1.61. The zero-order valence-electron chi connectivity index (χ0n) is 21.1. The highest BCUT2D eigenvalue weighted by atomic mass is 32.1. The molecule has 1 N–H and O–H groups in total. The van der Waals surface area contributed by atoms with Crippen molar-refractivity contribution < 1.29 is 14.3 Å². The normalized spacial score (nSPS) is 14.7. The molecule has 0 aromatic carbocycles. The number of aromatic nitrogens is 2. The molecule has 0 fully saturated rings. The minimum Gasteiger partial charge on any atom is -0.444 e. The summed E-state index contributed by atoms with van der Waals surface area (Å²) in [7, 11) is 0. The molecule has 9 heteroatoms. The van der Waals surface area contributed by atoms with E-state index in [9.17, 15) is 9.59 Å². The van der Waals surface area contributed by atoms with Crippen LogP contribution in [-0.2, 0) is 28.9 Å². The fourth-order valence-corrected chi connectivity index (χ4v) is 6.57. The highest BCUT2D eigenvalue weighted by Crippen LogP contribution is 2.43. The molecule has 1 aliphatic heterocycles. The average molecular weight is 515 g/mol. The van der Waals surface area contributed by atoms with Gasteiger partial charge in [-0.25, -0.2) is 9.78 Å². The molecule has 7 nitrogen and oxygen atoms in total. The molecule has 4 rings (SSSR count). The van der Waals surface area contributed by atoms with Gasteiger partial charge in [0.2, 0.25) is 0 Å². The Kier molecular flexibility index (Phi) is 7.88. The fraction of sp³-hybridized carbons (Fsp3) is 0.538. The number of nitrogens with one attached hydrogen (secondary N) is 1. The molecule has 1 unspecified atom stereocenters. The lowest BCUT2D eigenvalue weighted by Crippen LogP contribution is -2.39. The number of thiophene rings is 1. The third-order valence-electron chi connectivity index (χ3n) is 6.05. The molecule has 0 aliphatic carbocycles. The van der Waals surface area contributed by atoms with E-state index in [1.807, 2.05) is 26.8 Å². The third kappa shape index (κ3) is 6.26. The van der Waals surface area contributed by atoms with Crippen LogP contribution in [0.25, 0.3) is 20.8 Å². The van der Waals surface area contributed by atoms with Crippen molar-refractivity contribution in [3.8, 4) is 10.6 Å². The van der Waals surface area contributed by atoms with Crippen LogP contribution in [0.3, 0.4) is 0 Å². The van der Waals surface area contributed by atoms with Crippen LogP contribution in [0, 0.1) is 0 Å². The van der Waals surface area contributed by atoms with Gasteiger partial charge < -0.3 is 15.0 Å². The van der Waals surface area contributed by atoms with Crippen molar-refractivity contribution in [2.24, 2.45) is 0 Å². The molecule has 188 valence electrons. The van der Waals surface area contributed by atoms with Crippen molar-refractivity contribution in [1.82, 2.24) is 20.2 Å². The van der Waals surface area contributed by atoms with Crippen molar-refractivity contribution in [3.63, 3.8) is 0 Å². The number of rotatable bonds is 8. The maximum absolute atomic E-state index is 12.9. The zero-order valence-corrected chi connectivity index (χ0v) is 22.8. The predicted octanol–water partition coefficient (Wildman–Crippen LogP) is 5.60. The number of Topliss-reactive ketones (excluding diaryl/α,β-unsaturated/α-hetero) is 1. The lowest BCUT2D eigenvalue weighted by Gasteiger charge is -2.30. The smallest absolute Gasteiger partial charge is 0.410 e. The molecule has 0 saturated carbocycles. The first kappa shape index (κ1) is 25.7. The van der Waals surface area contributed by atoms with Crippen molar-refractivity contribution in [3.05, 3.63) is 33.8 Å². The second kappa shape index (κ2) is 10.7. The number of ketones is 1. The number of hydrogen-bond acceptors (Lipinski definition) is 8. The number of carbonyl (C=O) groups excluding carboxylic acids is 2. The first-order valence-corrected chi connectivity index (χ1v) is 13.8. The van der Waals surface area contributed by atoms with Gasteiger partial charge >= 0.3 is 6.09 Å². The van der Waals surface area contributed by atoms with Crippen LogP contribution in [0.5, 0.6) is 0 Å². The Morgan fingerprint density at radius 2 is 2.09 bits per heavy atom. The van der Waals surface area contributed by atoms with Crippen LogP contribution in [0.4, 0.5) is 4.79 Å². The molecule has 0 spiro atoms. The van der Waals surface area contributed by atoms with Crippen LogP contribution in [0.2, 0.25) is 0 Å². The lowest BCUT2D eigenvalue weighted by molar-refractivity contribution is -0.118. The van der Waals surface area contributed by atoms with Crippen molar-refractivity contribution in [1.29, 1.82) is 0 Å². The SMILES string of the molecule is CCC(C)NCCC(=O)Cc1sc2c(c1-c1nc3cnccc3s1)CCN(C(=O)OC(C)(C)C)C2. The summed E-state index contributed by atoms with van der Waals surface area (Å²) in [5, 5.41) is 4.33. The Morgan fingerprint density at radius 1 is 1.29 bits per heavy atom. The summed E-state index contributed by atoms with van der Waals surface area (Å²) in [5.74, 6) is 0.215. The van der Waals surface area contributed by atoms with Gasteiger partial charge in [0.05, 0.1) is 17.4 Å². The number of hydrogen-bond donors (Lipinski definition) is 1. The number of pyridine rings is 1. The van der Waals surface area contributed by atoms with Gasteiger partial charge in [-0.1, -0.05) is 6.92 Å². The largest absolute Gasteiger partial charge is 0.444 e. The minimum absolute atomic E-state index is 0.215. The summed E-state index contributed by atoms with van der Waals surface area (Å²) in [5.41, 5.74) is 2.63. The summed E-state index contributed by atoms with van der Waals surface area (Å²) < 4.78 is 6.68. The maximum Gasteiger partial charge on any atom is 0.410 e. The lowest BCUT2D eigenvalue weighted by atomic mass is 10.00. The number of nitrogens with zero attached hydrogens (tertiary/aromatic N) is 3. The molecule has 1 aliphatic rings. The fourth-order valence-electron chi connectivity index (χ4n) is 4.07. The molecular formula is C26H34N4O3S2. The second-order valence-electron chi connectivity index (χ2n) is 10.0. The van der Waals surface area contributed by atoms with E-state index in [2.05, 4.69) is 24.1 Å². The Hall–Kier alpha value is -2.36. The standard InChI is InChI=1S/C26H34N4O3S2/c1-6-16(2)28-11-7-17(31)13-21-23(24-29-19-14-27-10-8-20(19)35-24)18-9-12-30(15-22(18)34-21)25(32)33-26(3,4)5/h8,10,14,16,28H,6-7,9,11-13,15H2,1-5H3. The Morgan fingerprint density at radius 3 is 2.80 bits per heavy atom. The first-order chi connectivity index (χ1) is 16.6. The second-order valence-corrected chi connectivity index (χ2v) is 12.3. The predicted molar refractivity (Wildman–Crippen MR) is 142 cm³/mol. The topological polar surface area (TPSA) is 84.4 Å². The van der Waals surface area contributed by atoms with Gasteiger partial charge in [0.15, 0.2) is 0 Å². The molecule has 0 radical (unpaired) electrons. The van der Waals surface area contributed by atoms with E-state index in [1.165, 1.54) is 5.56 Å². The Labute approximate surface area is 214 Å². The summed E-state index contributed by atoms with van der Waals surface area (Å²) in [6, 6.07) is 2.38. The van der Waals surface area contributed by atoms with Gasteiger partial charge in [-0.3, -0.25) is 9.78 Å². The van der Waals surface area contributed by atoms with Gasteiger partial charge in [-0.2, -0.15) is 0 Å². The summed E-state index contributed by atoms with van der Waals surface area (Å²) in [6.45, 7) is 11.7. The molecular weight excluding hydrogens is 480 g/mol. The van der Waals surface area contributed by atoms with Crippen LogP contribution in [-0.4, -0.2) is 51.5 Å². The number of fused-ring (bicyclic) bond motifs is 2. The molecule has 4 heterocycles. The van der Waals surface area contributed by atoms with Gasteiger partial charge in [0, 0.05) is 53.5 Å². The van der Waals surface area contributed by atoms with E-state index in [-0.39, 0.29) is 11.9 Å². The van der Waals surface area contributed by atoms with Gasteiger partial charge in [0.1, 0.15) is 21.9 Å². The number of carbonyl (C=O) groups is 2. The molecule has 1 atom stereocenters. The van der Waals surface area contributed by atoms with E-state index in [1.54, 1.807) is 40.0 Å². The highest BCUT2D eigenvalue weighted by molar-refractivity contribution is 7.22. The number of thiazole rings is 1. The molecule has 1 amide bonds. The summed E-state index contributed by atoms with van der Waals surface area (Å²) >= 11 is 3.27. The van der Waals surface area contributed by atoms with Crippen LogP contribution in [0.15, 0.2) is 18.5 Å². The van der Waals surface area contributed by atoms with E-state index in [0.717, 1.165) is 43.4 Å². The Bertz CT molecular complexity index is 1180. The molecule has 3 aromatic rings.